The first-order chi connectivity index (χ1) is 21.3. The molecule has 0 saturated heterocycles. The Morgan fingerprint density at radius 2 is 0.864 bits per heavy atom. The third-order valence-electron chi connectivity index (χ3n) is 7.31. The number of carbonyl (C=O) groups is 4. The first-order valence-corrected chi connectivity index (χ1v) is 16.3. The lowest BCUT2D eigenvalue weighted by molar-refractivity contribution is -0.134. The molecule has 1 rings (SSSR count). The second-order valence-electron chi connectivity index (χ2n) is 11.1. The minimum atomic E-state index is -0.125. The first-order valence-electron chi connectivity index (χ1n) is 16.3. The third-order valence-corrected chi connectivity index (χ3v) is 7.31. The molecule has 1 aromatic carbocycles. The van der Waals surface area contributed by atoms with Gasteiger partial charge in [0.05, 0.1) is 0 Å². The highest BCUT2D eigenvalue weighted by Crippen LogP contribution is 2.12. The molecule has 0 bridgehead atoms. The lowest BCUT2D eigenvalue weighted by atomic mass is 10.1. The van der Waals surface area contributed by atoms with E-state index in [1.165, 1.54) is 0 Å². The van der Waals surface area contributed by atoms with Crippen LogP contribution in [0, 0.1) is 0 Å². The molecule has 0 aromatic heterocycles. The summed E-state index contributed by atoms with van der Waals surface area (Å²) in [6.07, 6.45) is 8.49. The normalized spacial score (nSPS) is 10.8. The van der Waals surface area contributed by atoms with Gasteiger partial charge >= 0.3 is 0 Å². The van der Waals surface area contributed by atoms with Crippen LogP contribution in [-0.2, 0) is 32.3 Å². The predicted octanol–water partition coefficient (Wildman–Crippen LogP) is 1.09. The molecule has 10 N–H and O–H groups in total. The van der Waals surface area contributed by atoms with Crippen molar-refractivity contribution in [3.05, 3.63) is 35.4 Å². The minimum Gasteiger partial charge on any atom is -0.356 e. The molecule has 0 saturated carbocycles. The second kappa shape index (κ2) is 25.3. The topological polar surface area (TPSA) is 203 Å². The average molecular weight is 619 g/mol. The molecule has 1 aromatic rings. The molecule has 44 heavy (non-hydrogen) atoms. The maximum atomic E-state index is 12.9. The second-order valence-corrected chi connectivity index (χ2v) is 11.1. The summed E-state index contributed by atoms with van der Waals surface area (Å²) in [6, 6.07) is 7.70. The van der Waals surface area contributed by atoms with Gasteiger partial charge in [0, 0.05) is 78.0 Å². The van der Waals surface area contributed by atoms with E-state index >= 15 is 0 Å². The molecule has 0 fully saturated rings. The van der Waals surface area contributed by atoms with E-state index in [1.54, 1.807) is 9.80 Å². The standard InChI is InChI=1S/C32H58N8O4/c33-17-5-1-3-7-21-37-29(41)13-15-31(43)39(23-19-35)25-27-9-11-28(12-10-27)26-40(24-20-36)32(44)16-14-30(42)38-22-8-4-2-6-18-34/h9-12H,1-8,13-26,33-36H2,(H,37,41)(H,38,42). The van der Waals surface area contributed by atoms with Gasteiger partial charge in [-0.2, -0.15) is 0 Å². The van der Waals surface area contributed by atoms with Gasteiger partial charge in [0.1, 0.15) is 0 Å². The minimum absolute atomic E-state index is 0.118. The molecule has 0 unspecified atom stereocenters. The van der Waals surface area contributed by atoms with Gasteiger partial charge in [0.25, 0.3) is 0 Å². The molecule has 0 aliphatic rings. The molecule has 0 aliphatic heterocycles. The lowest BCUT2D eigenvalue weighted by Crippen LogP contribution is -2.36. The van der Waals surface area contributed by atoms with Crippen LogP contribution in [0.1, 0.15) is 88.2 Å². The maximum Gasteiger partial charge on any atom is 0.223 e. The van der Waals surface area contributed by atoms with Crippen LogP contribution in [0.3, 0.4) is 0 Å². The number of amides is 4. The van der Waals surface area contributed by atoms with E-state index < -0.39 is 0 Å². The number of carbonyl (C=O) groups excluding carboxylic acids is 4. The fourth-order valence-corrected chi connectivity index (χ4v) is 4.72. The van der Waals surface area contributed by atoms with E-state index in [0.29, 0.717) is 65.4 Å². The summed E-state index contributed by atoms with van der Waals surface area (Å²) in [5.74, 6) is -0.484. The van der Waals surface area contributed by atoms with E-state index in [-0.39, 0.29) is 49.3 Å². The summed E-state index contributed by atoms with van der Waals surface area (Å²) in [7, 11) is 0. The fraction of sp³-hybridized carbons (Fsp3) is 0.688. The van der Waals surface area contributed by atoms with Gasteiger partial charge in [-0.05, 0) is 49.9 Å². The first kappa shape index (κ1) is 39.0. The Kier molecular flexibility index (Phi) is 22.4. The van der Waals surface area contributed by atoms with Crippen molar-refractivity contribution in [3.8, 4) is 0 Å². The SMILES string of the molecule is NCCCCCCNC(=O)CCC(=O)N(CCN)Cc1ccc(CN(CCN)C(=O)CCC(=O)NCCCCCCN)cc1. The number of benzene rings is 1. The van der Waals surface area contributed by atoms with Crippen molar-refractivity contribution in [3.63, 3.8) is 0 Å². The van der Waals surface area contributed by atoms with Gasteiger partial charge in [-0.25, -0.2) is 0 Å². The van der Waals surface area contributed by atoms with Crippen LogP contribution >= 0.6 is 0 Å². The van der Waals surface area contributed by atoms with E-state index in [4.69, 9.17) is 22.9 Å². The number of nitrogens with one attached hydrogen (secondary N) is 2. The molecule has 0 aliphatic carbocycles. The Hall–Kier alpha value is -3.06. The molecule has 250 valence electrons. The van der Waals surface area contributed by atoms with Crippen LogP contribution in [0.15, 0.2) is 24.3 Å². The molecule has 0 atom stereocenters. The third kappa shape index (κ3) is 18.6. The molecule has 0 spiro atoms. The van der Waals surface area contributed by atoms with Crippen molar-refractivity contribution >= 4 is 23.6 Å². The average Bonchev–Trinajstić information content (AvgIpc) is 3.02. The Bertz CT molecular complexity index is 870. The Morgan fingerprint density at radius 3 is 1.20 bits per heavy atom. The summed E-state index contributed by atoms with van der Waals surface area (Å²) < 4.78 is 0. The van der Waals surface area contributed by atoms with E-state index in [9.17, 15) is 19.2 Å². The van der Waals surface area contributed by atoms with Crippen LogP contribution in [0.25, 0.3) is 0 Å². The van der Waals surface area contributed by atoms with Gasteiger partial charge in [-0.15, -0.1) is 0 Å². The van der Waals surface area contributed by atoms with Crippen LogP contribution < -0.4 is 33.6 Å². The number of rotatable bonds is 26. The Morgan fingerprint density at radius 1 is 0.500 bits per heavy atom. The molecule has 12 heteroatoms. The zero-order chi connectivity index (χ0) is 32.4. The summed E-state index contributed by atoms with van der Waals surface area (Å²) in [5.41, 5.74) is 24.4. The highest BCUT2D eigenvalue weighted by molar-refractivity contribution is 5.84. The highest BCUT2D eigenvalue weighted by atomic mass is 16.2. The molecule has 0 heterocycles. The van der Waals surface area contributed by atoms with Crippen molar-refractivity contribution in [2.75, 3.05) is 52.4 Å². The van der Waals surface area contributed by atoms with Crippen molar-refractivity contribution < 1.29 is 19.2 Å². The Labute approximate surface area is 264 Å². The number of unbranched alkanes of at least 4 members (excludes halogenated alkanes) is 6. The summed E-state index contributed by atoms with van der Waals surface area (Å²) in [4.78, 5) is 53.4. The smallest absolute Gasteiger partial charge is 0.223 e. The van der Waals surface area contributed by atoms with Gasteiger partial charge in [-0.3, -0.25) is 19.2 Å². The highest BCUT2D eigenvalue weighted by Gasteiger charge is 2.17. The largest absolute Gasteiger partial charge is 0.356 e. The zero-order valence-corrected chi connectivity index (χ0v) is 26.7. The molecule has 0 radical (unpaired) electrons. The quantitative estimate of drug-likeness (QED) is 0.0828. The van der Waals surface area contributed by atoms with Gasteiger partial charge < -0.3 is 43.4 Å². The van der Waals surface area contributed by atoms with Crippen LogP contribution in [-0.4, -0.2) is 85.8 Å². The van der Waals surface area contributed by atoms with Gasteiger partial charge in [0.2, 0.25) is 23.6 Å². The van der Waals surface area contributed by atoms with Crippen molar-refractivity contribution in [2.24, 2.45) is 22.9 Å². The van der Waals surface area contributed by atoms with E-state index in [2.05, 4.69) is 10.6 Å². The van der Waals surface area contributed by atoms with Crippen molar-refractivity contribution in [1.29, 1.82) is 0 Å². The van der Waals surface area contributed by atoms with Gasteiger partial charge in [-0.1, -0.05) is 49.9 Å². The van der Waals surface area contributed by atoms with Crippen LogP contribution in [0.2, 0.25) is 0 Å². The number of hydrogen-bond acceptors (Lipinski definition) is 8. The number of nitrogens with zero attached hydrogens (tertiary/aromatic N) is 2. The Balaban J connectivity index is 2.52. The fourth-order valence-electron chi connectivity index (χ4n) is 4.72. The summed E-state index contributed by atoms with van der Waals surface area (Å²) in [6.45, 7) is 4.78. The van der Waals surface area contributed by atoms with Gasteiger partial charge in [0.15, 0.2) is 0 Å². The van der Waals surface area contributed by atoms with Crippen molar-refractivity contribution in [1.82, 2.24) is 20.4 Å². The number of hydrogen-bond donors (Lipinski definition) is 6. The molecule has 4 amide bonds. The summed E-state index contributed by atoms with van der Waals surface area (Å²) >= 11 is 0. The monoisotopic (exact) mass is 618 g/mol. The maximum absolute atomic E-state index is 12.9. The zero-order valence-electron chi connectivity index (χ0n) is 26.7. The van der Waals surface area contributed by atoms with E-state index in [0.717, 1.165) is 62.5 Å². The predicted molar refractivity (Wildman–Crippen MR) is 175 cm³/mol. The van der Waals surface area contributed by atoms with E-state index in [1.807, 2.05) is 24.3 Å². The van der Waals surface area contributed by atoms with Crippen LogP contribution in [0.5, 0.6) is 0 Å². The lowest BCUT2D eigenvalue weighted by Gasteiger charge is -2.24. The van der Waals surface area contributed by atoms with Crippen LogP contribution in [0.4, 0.5) is 0 Å². The number of nitrogens with two attached hydrogens (primary N) is 4. The summed E-state index contributed by atoms with van der Waals surface area (Å²) in [5, 5.41) is 5.76. The molecular formula is C32H58N8O4. The van der Waals surface area contributed by atoms with Crippen molar-refractivity contribution in [2.45, 2.75) is 90.1 Å². The molecule has 12 nitrogen and oxygen atoms in total. The molecular weight excluding hydrogens is 560 g/mol.